The van der Waals surface area contributed by atoms with Crippen LogP contribution in [0, 0.1) is 0 Å². The summed E-state index contributed by atoms with van der Waals surface area (Å²) in [5, 5.41) is 11.5. The lowest BCUT2D eigenvalue weighted by molar-refractivity contribution is 0.575. The first-order valence-electron chi connectivity index (χ1n) is 5.79. The van der Waals surface area contributed by atoms with E-state index in [1.54, 1.807) is 6.20 Å². The minimum Gasteiger partial charge on any atom is -0.314 e. The van der Waals surface area contributed by atoms with E-state index in [0.29, 0.717) is 6.04 Å². The minimum absolute atomic E-state index is 0.559. The van der Waals surface area contributed by atoms with Gasteiger partial charge in [-0.05, 0) is 25.8 Å². The predicted molar refractivity (Wildman–Crippen MR) is 58.6 cm³/mol. The highest BCUT2D eigenvalue weighted by Crippen LogP contribution is 2.09. The molecule has 2 heterocycles. The molecule has 1 unspecified atom stereocenters. The van der Waals surface area contributed by atoms with Gasteiger partial charge in [0.05, 0.1) is 11.9 Å². The number of rotatable bonds is 4. The maximum Gasteiger partial charge on any atom is 0.152 e. The van der Waals surface area contributed by atoms with Crippen LogP contribution in [-0.2, 0) is 12.8 Å². The normalized spacial score (nSPS) is 20.7. The average molecular weight is 206 g/mol. The van der Waals surface area contributed by atoms with Crippen molar-refractivity contribution in [3.8, 4) is 0 Å². The zero-order valence-corrected chi connectivity index (χ0v) is 9.24. The van der Waals surface area contributed by atoms with Gasteiger partial charge < -0.3 is 5.32 Å². The lowest BCUT2D eigenvalue weighted by Crippen LogP contribution is -2.25. The first-order chi connectivity index (χ1) is 7.38. The smallest absolute Gasteiger partial charge is 0.152 e. The van der Waals surface area contributed by atoms with Crippen molar-refractivity contribution in [2.24, 2.45) is 0 Å². The molecule has 0 aromatic carbocycles. The highest BCUT2D eigenvalue weighted by Gasteiger charge is 2.16. The van der Waals surface area contributed by atoms with Gasteiger partial charge in [-0.1, -0.05) is 13.3 Å². The van der Waals surface area contributed by atoms with Crippen LogP contribution in [0.2, 0.25) is 0 Å². The van der Waals surface area contributed by atoms with Gasteiger partial charge >= 0.3 is 0 Å². The van der Waals surface area contributed by atoms with Gasteiger partial charge in [-0.25, -0.2) is 4.98 Å². The monoisotopic (exact) mass is 206 g/mol. The van der Waals surface area contributed by atoms with Crippen molar-refractivity contribution in [1.82, 2.24) is 20.5 Å². The van der Waals surface area contributed by atoms with Gasteiger partial charge in [0.2, 0.25) is 0 Å². The molecule has 0 radical (unpaired) electrons. The topological polar surface area (TPSA) is 50.7 Å². The Labute approximate surface area is 90.5 Å². The summed E-state index contributed by atoms with van der Waals surface area (Å²) in [4.78, 5) is 4.51. The van der Waals surface area contributed by atoms with Crippen LogP contribution in [0.4, 0.5) is 0 Å². The van der Waals surface area contributed by atoms with Crippen LogP contribution in [0.1, 0.15) is 37.7 Å². The summed E-state index contributed by atoms with van der Waals surface area (Å²) in [5.74, 6) is 0.889. The van der Waals surface area contributed by atoms with Crippen LogP contribution in [0.3, 0.4) is 0 Å². The molecular formula is C11H18N4. The number of hydrogen-bond acceptors (Lipinski definition) is 4. The molecule has 1 fully saturated rings. The maximum atomic E-state index is 4.51. The van der Waals surface area contributed by atoms with E-state index in [4.69, 9.17) is 0 Å². The van der Waals surface area contributed by atoms with Crippen LogP contribution in [-0.4, -0.2) is 27.8 Å². The lowest BCUT2D eigenvalue weighted by Gasteiger charge is -2.08. The number of aryl methyl sites for hydroxylation is 1. The molecule has 0 saturated carbocycles. The van der Waals surface area contributed by atoms with E-state index in [1.165, 1.54) is 12.8 Å². The highest BCUT2D eigenvalue weighted by molar-refractivity contribution is 4.98. The van der Waals surface area contributed by atoms with Crippen LogP contribution in [0.5, 0.6) is 0 Å². The molecular weight excluding hydrogens is 188 g/mol. The van der Waals surface area contributed by atoms with E-state index >= 15 is 0 Å². The van der Waals surface area contributed by atoms with Crippen molar-refractivity contribution in [2.75, 3.05) is 6.54 Å². The summed E-state index contributed by atoms with van der Waals surface area (Å²) in [6, 6.07) is 0.559. The van der Waals surface area contributed by atoms with Crippen molar-refractivity contribution in [1.29, 1.82) is 0 Å². The van der Waals surface area contributed by atoms with Crippen molar-refractivity contribution in [3.63, 3.8) is 0 Å². The fraction of sp³-hybridized carbons (Fsp3) is 0.727. The van der Waals surface area contributed by atoms with Crippen LogP contribution < -0.4 is 5.32 Å². The lowest BCUT2D eigenvalue weighted by atomic mass is 10.1. The summed E-state index contributed by atoms with van der Waals surface area (Å²) >= 11 is 0. The second-order valence-electron chi connectivity index (χ2n) is 4.11. The molecule has 1 aliphatic rings. The van der Waals surface area contributed by atoms with Crippen LogP contribution >= 0.6 is 0 Å². The Morgan fingerprint density at radius 1 is 1.53 bits per heavy atom. The Bertz CT molecular complexity index is 307. The molecule has 82 valence electrons. The van der Waals surface area contributed by atoms with Crippen molar-refractivity contribution >= 4 is 0 Å². The molecule has 4 heteroatoms. The average Bonchev–Trinajstić information content (AvgIpc) is 2.71. The van der Waals surface area contributed by atoms with E-state index < -0.39 is 0 Å². The molecule has 2 rings (SSSR count). The highest BCUT2D eigenvalue weighted by atomic mass is 15.1. The van der Waals surface area contributed by atoms with Gasteiger partial charge in [-0.15, -0.1) is 5.10 Å². The second-order valence-corrected chi connectivity index (χ2v) is 4.11. The number of hydrogen-bond donors (Lipinski definition) is 1. The molecule has 1 saturated heterocycles. The van der Waals surface area contributed by atoms with E-state index in [9.17, 15) is 0 Å². The van der Waals surface area contributed by atoms with E-state index in [0.717, 1.165) is 37.3 Å². The SMILES string of the molecule is CCCc1cnnc(CC2CCCN2)n1. The van der Waals surface area contributed by atoms with Crippen molar-refractivity contribution in [2.45, 2.75) is 45.1 Å². The molecule has 1 atom stereocenters. The Morgan fingerprint density at radius 3 is 3.20 bits per heavy atom. The Balaban J connectivity index is 1.97. The number of aromatic nitrogens is 3. The summed E-state index contributed by atoms with van der Waals surface area (Å²) < 4.78 is 0. The van der Waals surface area contributed by atoms with Crippen molar-refractivity contribution < 1.29 is 0 Å². The van der Waals surface area contributed by atoms with Crippen molar-refractivity contribution in [3.05, 3.63) is 17.7 Å². The molecule has 1 aromatic rings. The third kappa shape index (κ3) is 2.96. The predicted octanol–water partition coefficient (Wildman–Crippen LogP) is 1.12. The number of nitrogens with zero attached hydrogens (tertiary/aromatic N) is 3. The molecule has 15 heavy (non-hydrogen) atoms. The first-order valence-corrected chi connectivity index (χ1v) is 5.79. The third-order valence-corrected chi connectivity index (χ3v) is 2.75. The zero-order chi connectivity index (χ0) is 10.5. The fourth-order valence-corrected chi connectivity index (χ4v) is 1.99. The van der Waals surface area contributed by atoms with Crippen LogP contribution in [0.25, 0.3) is 0 Å². The zero-order valence-electron chi connectivity index (χ0n) is 9.24. The quantitative estimate of drug-likeness (QED) is 0.802. The molecule has 1 aromatic heterocycles. The summed E-state index contributed by atoms with van der Waals surface area (Å²) in [7, 11) is 0. The summed E-state index contributed by atoms with van der Waals surface area (Å²) in [6.45, 7) is 3.28. The van der Waals surface area contributed by atoms with Gasteiger partial charge in [0.1, 0.15) is 0 Å². The minimum atomic E-state index is 0.559. The third-order valence-electron chi connectivity index (χ3n) is 2.75. The Morgan fingerprint density at radius 2 is 2.47 bits per heavy atom. The Hall–Kier alpha value is -1.03. The molecule has 0 amide bonds. The maximum absolute atomic E-state index is 4.51. The summed E-state index contributed by atoms with van der Waals surface area (Å²) in [6.07, 6.45) is 7.31. The van der Waals surface area contributed by atoms with Gasteiger partial charge in [0.25, 0.3) is 0 Å². The molecule has 1 aliphatic heterocycles. The first kappa shape index (κ1) is 10.5. The van der Waals surface area contributed by atoms with E-state index in [1.807, 2.05) is 0 Å². The standard InChI is InChI=1S/C11H18N4/c1-2-4-10-8-13-15-11(14-10)7-9-5-3-6-12-9/h8-9,12H,2-7H2,1H3. The van der Waals surface area contributed by atoms with E-state index in [-0.39, 0.29) is 0 Å². The number of nitrogens with one attached hydrogen (secondary N) is 1. The molecule has 1 N–H and O–H groups in total. The van der Waals surface area contributed by atoms with Gasteiger partial charge in [-0.2, -0.15) is 5.10 Å². The summed E-state index contributed by atoms with van der Waals surface area (Å²) in [5.41, 5.74) is 1.07. The van der Waals surface area contributed by atoms with Gasteiger partial charge in [0, 0.05) is 12.5 Å². The second kappa shape index (κ2) is 5.16. The molecule has 0 bridgehead atoms. The van der Waals surface area contributed by atoms with Crippen LogP contribution in [0.15, 0.2) is 6.20 Å². The van der Waals surface area contributed by atoms with E-state index in [2.05, 4.69) is 27.4 Å². The Kier molecular flexibility index (Phi) is 3.61. The molecule has 4 nitrogen and oxygen atoms in total. The fourth-order valence-electron chi connectivity index (χ4n) is 1.99. The largest absolute Gasteiger partial charge is 0.314 e. The van der Waals surface area contributed by atoms with Gasteiger partial charge in [0.15, 0.2) is 5.82 Å². The molecule has 0 spiro atoms. The molecule has 0 aliphatic carbocycles. The van der Waals surface area contributed by atoms with Gasteiger partial charge in [-0.3, -0.25) is 0 Å².